The molecule has 0 radical (unpaired) electrons. The van der Waals surface area contributed by atoms with Crippen molar-refractivity contribution >= 4 is 22.9 Å². The van der Waals surface area contributed by atoms with Crippen LogP contribution in [0.25, 0.3) is 16.9 Å². The van der Waals surface area contributed by atoms with Gasteiger partial charge in [-0.25, -0.2) is 9.97 Å². The molecule has 0 N–H and O–H groups in total. The van der Waals surface area contributed by atoms with Gasteiger partial charge in [0.1, 0.15) is 6.33 Å². The fourth-order valence-electron chi connectivity index (χ4n) is 3.93. The molecule has 8 heteroatoms. The number of piperazine rings is 1. The lowest BCUT2D eigenvalue weighted by Gasteiger charge is -2.35. The summed E-state index contributed by atoms with van der Waals surface area (Å²) >= 11 is 0. The summed E-state index contributed by atoms with van der Waals surface area (Å²) in [6.45, 7) is 2.76. The van der Waals surface area contributed by atoms with E-state index in [-0.39, 0.29) is 5.91 Å². The van der Waals surface area contributed by atoms with Crippen molar-refractivity contribution < 1.29 is 4.79 Å². The first-order chi connectivity index (χ1) is 15.3. The van der Waals surface area contributed by atoms with E-state index in [2.05, 4.69) is 37.3 Å². The van der Waals surface area contributed by atoms with E-state index in [4.69, 9.17) is 0 Å². The summed E-state index contributed by atoms with van der Waals surface area (Å²) in [5.74, 6) is 0.968. The standard InChI is InChI=1S/C23H23N7O/c31-20(12-11-18-7-3-1-4-8-18)28-13-15-29(16-14-28)22-21-23(25-17-24-22)30(27-26-21)19-9-5-2-6-10-19/h1-10,17H,11-16H2. The predicted octanol–water partition coefficient (Wildman–Crippen LogP) is 2.49. The summed E-state index contributed by atoms with van der Waals surface area (Å²) in [4.78, 5) is 25.6. The van der Waals surface area contributed by atoms with E-state index in [1.54, 1.807) is 11.0 Å². The van der Waals surface area contributed by atoms with E-state index >= 15 is 0 Å². The first-order valence-corrected chi connectivity index (χ1v) is 10.5. The number of fused-ring (bicyclic) bond motifs is 1. The van der Waals surface area contributed by atoms with Crippen molar-refractivity contribution in [3.8, 4) is 5.69 Å². The van der Waals surface area contributed by atoms with Crippen LogP contribution >= 0.6 is 0 Å². The Hall–Kier alpha value is -3.81. The topological polar surface area (TPSA) is 80.0 Å². The minimum absolute atomic E-state index is 0.200. The van der Waals surface area contributed by atoms with Gasteiger partial charge in [0.05, 0.1) is 5.69 Å². The molecule has 0 atom stereocenters. The molecule has 0 bridgehead atoms. The van der Waals surface area contributed by atoms with Crippen LogP contribution in [-0.2, 0) is 11.2 Å². The van der Waals surface area contributed by atoms with Crippen LogP contribution in [0.2, 0.25) is 0 Å². The van der Waals surface area contributed by atoms with Crippen LogP contribution in [0.5, 0.6) is 0 Å². The molecular formula is C23H23N7O. The molecule has 156 valence electrons. The van der Waals surface area contributed by atoms with Gasteiger partial charge in [0.2, 0.25) is 5.91 Å². The largest absolute Gasteiger partial charge is 0.351 e. The number of rotatable bonds is 5. The number of benzene rings is 2. The fraction of sp³-hybridized carbons (Fsp3) is 0.261. The maximum Gasteiger partial charge on any atom is 0.223 e. The molecular weight excluding hydrogens is 390 g/mol. The highest BCUT2D eigenvalue weighted by Gasteiger charge is 2.24. The molecule has 4 aromatic rings. The average molecular weight is 413 g/mol. The van der Waals surface area contributed by atoms with Crippen molar-refractivity contribution in [2.45, 2.75) is 12.8 Å². The Morgan fingerprint density at radius 2 is 1.58 bits per heavy atom. The number of hydrogen-bond donors (Lipinski definition) is 0. The smallest absolute Gasteiger partial charge is 0.223 e. The van der Waals surface area contributed by atoms with E-state index in [0.29, 0.717) is 43.8 Å². The molecule has 1 fully saturated rings. The van der Waals surface area contributed by atoms with E-state index in [1.165, 1.54) is 5.56 Å². The van der Waals surface area contributed by atoms with Crippen LogP contribution in [0, 0.1) is 0 Å². The lowest BCUT2D eigenvalue weighted by Crippen LogP contribution is -2.49. The zero-order chi connectivity index (χ0) is 21.0. The molecule has 1 aliphatic rings. The van der Waals surface area contributed by atoms with E-state index < -0.39 is 0 Å². The fourth-order valence-corrected chi connectivity index (χ4v) is 3.93. The van der Waals surface area contributed by atoms with Gasteiger partial charge in [0.25, 0.3) is 0 Å². The normalized spacial score (nSPS) is 14.2. The molecule has 2 aromatic heterocycles. The van der Waals surface area contributed by atoms with Gasteiger partial charge in [-0.2, -0.15) is 4.68 Å². The second-order valence-corrected chi connectivity index (χ2v) is 7.56. The predicted molar refractivity (Wildman–Crippen MR) is 118 cm³/mol. The second-order valence-electron chi connectivity index (χ2n) is 7.56. The third-order valence-electron chi connectivity index (χ3n) is 5.62. The highest BCUT2D eigenvalue weighted by Crippen LogP contribution is 2.23. The Labute approximate surface area is 180 Å². The van der Waals surface area contributed by atoms with Gasteiger partial charge in [-0.1, -0.05) is 53.7 Å². The Morgan fingerprint density at radius 1 is 0.871 bits per heavy atom. The Balaban J connectivity index is 1.26. The molecule has 31 heavy (non-hydrogen) atoms. The maximum atomic E-state index is 12.6. The SMILES string of the molecule is O=C(CCc1ccccc1)N1CCN(c2ncnc3c2nnn3-c2ccccc2)CC1. The zero-order valence-electron chi connectivity index (χ0n) is 17.1. The van der Waals surface area contributed by atoms with Crippen molar-refractivity contribution in [1.82, 2.24) is 29.9 Å². The quantitative estimate of drug-likeness (QED) is 0.500. The van der Waals surface area contributed by atoms with E-state index in [1.807, 2.05) is 53.4 Å². The van der Waals surface area contributed by atoms with Crippen molar-refractivity contribution in [1.29, 1.82) is 0 Å². The third kappa shape index (κ3) is 3.96. The van der Waals surface area contributed by atoms with E-state index in [0.717, 1.165) is 17.9 Å². The molecule has 0 unspecified atom stereocenters. The molecule has 0 aliphatic carbocycles. The molecule has 3 heterocycles. The third-order valence-corrected chi connectivity index (χ3v) is 5.62. The molecule has 8 nitrogen and oxygen atoms in total. The van der Waals surface area contributed by atoms with Gasteiger partial charge < -0.3 is 9.80 Å². The number of nitrogens with zero attached hydrogens (tertiary/aromatic N) is 7. The number of carbonyl (C=O) groups excluding carboxylic acids is 1. The van der Waals surface area contributed by atoms with E-state index in [9.17, 15) is 4.79 Å². The van der Waals surface area contributed by atoms with Crippen LogP contribution in [0.15, 0.2) is 67.0 Å². The maximum absolute atomic E-state index is 12.6. The lowest BCUT2D eigenvalue weighted by atomic mass is 10.1. The van der Waals surface area contributed by atoms with Gasteiger partial charge in [0, 0.05) is 32.6 Å². The monoisotopic (exact) mass is 413 g/mol. The van der Waals surface area contributed by atoms with Crippen LogP contribution in [0.4, 0.5) is 5.82 Å². The molecule has 1 amide bonds. The Kier molecular flexibility index (Phi) is 5.26. The highest BCUT2D eigenvalue weighted by atomic mass is 16.2. The van der Waals surface area contributed by atoms with Gasteiger partial charge in [0.15, 0.2) is 17.0 Å². The Morgan fingerprint density at radius 3 is 2.32 bits per heavy atom. The first kappa shape index (κ1) is 19.2. The van der Waals surface area contributed by atoms with Gasteiger partial charge in [-0.15, -0.1) is 5.10 Å². The van der Waals surface area contributed by atoms with Crippen LogP contribution in [0.1, 0.15) is 12.0 Å². The summed E-state index contributed by atoms with van der Waals surface area (Å²) in [6, 6.07) is 20.0. The summed E-state index contributed by atoms with van der Waals surface area (Å²) in [7, 11) is 0. The van der Waals surface area contributed by atoms with Gasteiger partial charge >= 0.3 is 0 Å². The minimum atomic E-state index is 0.200. The average Bonchev–Trinajstić information content (AvgIpc) is 3.28. The summed E-state index contributed by atoms with van der Waals surface area (Å²) < 4.78 is 1.73. The molecule has 5 rings (SSSR count). The van der Waals surface area contributed by atoms with Crippen molar-refractivity contribution in [2.24, 2.45) is 0 Å². The van der Waals surface area contributed by atoms with Crippen molar-refractivity contribution in [2.75, 3.05) is 31.1 Å². The van der Waals surface area contributed by atoms with Crippen molar-refractivity contribution in [3.05, 3.63) is 72.6 Å². The van der Waals surface area contributed by atoms with Crippen LogP contribution in [-0.4, -0.2) is 61.9 Å². The van der Waals surface area contributed by atoms with Crippen LogP contribution in [0.3, 0.4) is 0 Å². The number of aryl methyl sites for hydroxylation is 1. The zero-order valence-corrected chi connectivity index (χ0v) is 17.1. The molecule has 0 saturated carbocycles. The number of para-hydroxylation sites is 1. The molecule has 1 aliphatic heterocycles. The molecule has 0 spiro atoms. The summed E-state index contributed by atoms with van der Waals surface area (Å²) in [5, 5.41) is 8.64. The minimum Gasteiger partial charge on any atom is -0.351 e. The van der Waals surface area contributed by atoms with Gasteiger partial charge in [-0.05, 0) is 24.1 Å². The first-order valence-electron chi connectivity index (χ1n) is 10.5. The lowest BCUT2D eigenvalue weighted by molar-refractivity contribution is -0.131. The number of aromatic nitrogens is 5. The van der Waals surface area contributed by atoms with Crippen molar-refractivity contribution in [3.63, 3.8) is 0 Å². The van der Waals surface area contributed by atoms with Gasteiger partial charge in [-0.3, -0.25) is 4.79 Å². The molecule has 1 saturated heterocycles. The number of anilines is 1. The number of hydrogen-bond acceptors (Lipinski definition) is 6. The molecule has 2 aromatic carbocycles. The second kappa shape index (κ2) is 8.51. The summed E-state index contributed by atoms with van der Waals surface area (Å²) in [5.41, 5.74) is 3.45. The number of amides is 1. The highest BCUT2D eigenvalue weighted by molar-refractivity contribution is 5.84. The summed E-state index contributed by atoms with van der Waals surface area (Å²) in [6.07, 6.45) is 2.86. The number of carbonyl (C=O) groups is 1. The Bertz CT molecular complexity index is 1170. The van der Waals surface area contributed by atoms with Crippen LogP contribution < -0.4 is 4.90 Å².